The molecule has 160 valence electrons. The predicted octanol–water partition coefficient (Wildman–Crippen LogP) is 4.44. The fourth-order valence-electron chi connectivity index (χ4n) is 3.38. The van der Waals surface area contributed by atoms with Crippen molar-refractivity contribution in [1.82, 2.24) is 4.90 Å². The Labute approximate surface area is 182 Å². The van der Waals surface area contributed by atoms with Crippen LogP contribution in [0.15, 0.2) is 42.5 Å². The van der Waals surface area contributed by atoms with E-state index in [9.17, 15) is 9.59 Å². The molecule has 6 nitrogen and oxygen atoms in total. The Morgan fingerprint density at radius 1 is 1.10 bits per heavy atom. The summed E-state index contributed by atoms with van der Waals surface area (Å²) in [4.78, 5) is 28.3. The van der Waals surface area contributed by atoms with Crippen molar-refractivity contribution in [2.75, 3.05) is 36.4 Å². The van der Waals surface area contributed by atoms with Gasteiger partial charge in [-0.15, -0.1) is 0 Å². The van der Waals surface area contributed by atoms with Crippen molar-refractivity contribution in [2.24, 2.45) is 0 Å². The Bertz CT molecular complexity index is 893. The molecule has 0 radical (unpaired) electrons. The monoisotopic (exact) mass is 429 g/mol. The van der Waals surface area contributed by atoms with Crippen molar-refractivity contribution in [3.8, 4) is 5.75 Å². The van der Waals surface area contributed by atoms with Crippen molar-refractivity contribution >= 4 is 34.8 Å². The molecule has 1 saturated heterocycles. The first-order valence-electron chi connectivity index (χ1n) is 10.3. The molecule has 1 aliphatic rings. The fraction of sp³-hybridized carbons (Fsp3) is 0.391. The van der Waals surface area contributed by atoms with Crippen LogP contribution in [0.3, 0.4) is 0 Å². The molecule has 1 fully saturated rings. The van der Waals surface area contributed by atoms with E-state index in [0.717, 1.165) is 17.9 Å². The highest BCUT2D eigenvalue weighted by molar-refractivity contribution is 6.34. The average molecular weight is 430 g/mol. The lowest BCUT2D eigenvalue weighted by atomic mass is 10.1. The van der Waals surface area contributed by atoms with Crippen LogP contribution in [0, 0.1) is 0 Å². The summed E-state index contributed by atoms with van der Waals surface area (Å²) in [6.45, 7) is 8.24. The zero-order valence-electron chi connectivity index (χ0n) is 17.7. The summed E-state index contributed by atoms with van der Waals surface area (Å²) in [5.74, 6) is 0.603. The maximum Gasteiger partial charge on any atom is 0.255 e. The maximum atomic E-state index is 12.8. The van der Waals surface area contributed by atoms with Crippen LogP contribution < -0.4 is 15.0 Å². The van der Waals surface area contributed by atoms with Gasteiger partial charge in [-0.1, -0.05) is 24.6 Å². The van der Waals surface area contributed by atoms with Gasteiger partial charge in [0.15, 0.2) is 0 Å². The van der Waals surface area contributed by atoms with Gasteiger partial charge in [-0.25, -0.2) is 0 Å². The molecule has 1 heterocycles. The molecule has 30 heavy (non-hydrogen) atoms. The first-order chi connectivity index (χ1) is 14.4. The van der Waals surface area contributed by atoms with Crippen molar-refractivity contribution in [3.05, 3.63) is 53.1 Å². The largest absolute Gasteiger partial charge is 0.491 e. The lowest BCUT2D eigenvalue weighted by molar-refractivity contribution is -0.129. The lowest BCUT2D eigenvalue weighted by Gasteiger charge is -2.37. The van der Waals surface area contributed by atoms with Crippen LogP contribution in [0.4, 0.5) is 11.4 Å². The first kappa shape index (κ1) is 22.0. The normalized spacial score (nSPS) is 14.9. The molecule has 3 rings (SSSR count). The van der Waals surface area contributed by atoms with Gasteiger partial charge >= 0.3 is 0 Å². The van der Waals surface area contributed by atoms with E-state index in [2.05, 4.69) is 17.1 Å². The number of anilines is 2. The Kier molecular flexibility index (Phi) is 7.21. The molecule has 0 aliphatic carbocycles. The van der Waals surface area contributed by atoms with Gasteiger partial charge in [-0.3, -0.25) is 9.59 Å². The second-order valence-corrected chi connectivity index (χ2v) is 7.85. The zero-order valence-corrected chi connectivity index (χ0v) is 18.4. The summed E-state index contributed by atoms with van der Waals surface area (Å²) in [5, 5.41) is 3.55. The topological polar surface area (TPSA) is 61.9 Å². The molecular weight excluding hydrogens is 402 g/mol. The summed E-state index contributed by atoms with van der Waals surface area (Å²) in [6.07, 6.45) is 1.04. The molecule has 0 spiro atoms. The Morgan fingerprint density at radius 3 is 2.37 bits per heavy atom. The molecule has 0 saturated carbocycles. The third-order valence-corrected chi connectivity index (χ3v) is 5.61. The number of ether oxygens (including phenoxy) is 1. The SMILES string of the molecule is CCC(C)Oc1ccc(C(=O)Nc2cccc(Cl)c2N2CCN(C(C)=O)CC2)cc1. The van der Waals surface area contributed by atoms with Crippen LogP contribution in [0.5, 0.6) is 5.75 Å². The van der Waals surface area contributed by atoms with Gasteiger partial charge in [0, 0.05) is 38.7 Å². The highest BCUT2D eigenvalue weighted by Crippen LogP contribution is 2.35. The van der Waals surface area contributed by atoms with Gasteiger partial charge in [0.05, 0.1) is 22.5 Å². The van der Waals surface area contributed by atoms with E-state index >= 15 is 0 Å². The molecule has 1 unspecified atom stereocenters. The number of amides is 2. The zero-order chi connectivity index (χ0) is 21.7. The summed E-state index contributed by atoms with van der Waals surface area (Å²) < 4.78 is 5.77. The second-order valence-electron chi connectivity index (χ2n) is 7.44. The molecule has 2 aromatic rings. The fourth-order valence-corrected chi connectivity index (χ4v) is 3.67. The first-order valence-corrected chi connectivity index (χ1v) is 10.6. The van der Waals surface area contributed by atoms with E-state index < -0.39 is 0 Å². The molecular formula is C23H28ClN3O3. The Morgan fingerprint density at radius 2 is 1.77 bits per heavy atom. The van der Waals surface area contributed by atoms with Crippen molar-refractivity contribution < 1.29 is 14.3 Å². The Balaban J connectivity index is 1.73. The van der Waals surface area contributed by atoms with Crippen LogP contribution in [-0.4, -0.2) is 49.0 Å². The minimum atomic E-state index is -0.212. The molecule has 0 aromatic heterocycles. The van der Waals surface area contributed by atoms with Crippen molar-refractivity contribution in [2.45, 2.75) is 33.3 Å². The van der Waals surface area contributed by atoms with Gasteiger partial charge in [-0.05, 0) is 49.7 Å². The Hall–Kier alpha value is -2.73. The summed E-state index contributed by atoms with van der Waals surface area (Å²) in [5.41, 5.74) is 1.98. The molecule has 7 heteroatoms. The molecule has 1 atom stereocenters. The summed E-state index contributed by atoms with van der Waals surface area (Å²) in [6, 6.07) is 12.6. The van der Waals surface area contributed by atoms with Crippen LogP contribution in [0.1, 0.15) is 37.6 Å². The number of rotatable bonds is 6. The van der Waals surface area contributed by atoms with Crippen LogP contribution in [0.2, 0.25) is 5.02 Å². The van der Waals surface area contributed by atoms with Crippen LogP contribution >= 0.6 is 11.6 Å². The van der Waals surface area contributed by atoms with Gasteiger partial charge in [0.25, 0.3) is 5.91 Å². The van der Waals surface area contributed by atoms with E-state index in [1.807, 2.05) is 30.0 Å². The number of carbonyl (C=O) groups is 2. The van der Waals surface area contributed by atoms with Crippen molar-refractivity contribution in [3.63, 3.8) is 0 Å². The van der Waals surface area contributed by atoms with Gasteiger partial charge in [0.1, 0.15) is 5.75 Å². The number of halogens is 1. The van der Waals surface area contributed by atoms with E-state index in [1.54, 1.807) is 31.2 Å². The quantitative estimate of drug-likeness (QED) is 0.737. The van der Waals surface area contributed by atoms with Gasteiger partial charge < -0.3 is 19.9 Å². The molecule has 2 amide bonds. The van der Waals surface area contributed by atoms with Crippen LogP contribution in [0.25, 0.3) is 0 Å². The minimum absolute atomic E-state index is 0.0723. The van der Waals surface area contributed by atoms with E-state index in [-0.39, 0.29) is 17.9 Å². The van der Waals surface area contributed by atoms with Gasteiger partial charge in [0.2, 0.25) is 5.91 Å². The minimum Gasteiger partial charge on any atom is -0.491 e. The smallest absolute Gasteiger partial charge is 0.255 e. The number of piperazine rings is 1. The number of hydrogen-bond acceptors (Lipinski definition) is 4. The number of nitrogens with zero attached hydrogens (tertiary/aromatic N) is 2. The third-order valence-electron chi connectivity index (χ3n) is 5.30. The lowest BCUT2D eigenvalue weighted by Crippen LogP contribution is -2.48. The number of benzene rings is 2. The van der Waals surface area contributed by atoms with Gasteiger partial charge in [-0.2, -0.15) is 0 Å². The highest BCUT2D eigenvalue weighted by Gasteiger charge is 2.23. The summed E-state index contributed by atoms with van der Waals surface area (Å²) >= 11 is 6.48. The van der Waals surface area contributed by atoms with E-state index in [1.165, 1.54) is 0 Å². The van der Waals surface area contributed by atoms with E-state index in [0.29, 0.717) is 42.5 Å². The predicted molar refractivity (Wildman–Crippen MR) is 121 cm³/mol. The average Bonchev–Trinajstić information content (AvgIpc) is 2.74. The molecule has 2 aromatic carbocycles. The van der Waals surface area contributed by atoms with E-state index in [4.69, 9.17) is 16.3 Å². The number of para-hydroxylation sites is 1. The summed E-state index contributed by atoms with van der Waals surface area (Å²) in [7, 11) is 0. The molecule has 1 N–H and O–H groups in total. The maximum absolute atomic E-state index is 12.8. The number of nitrogens with one attached hydrogen (secondary N) is 1. The standard InChI is InChI=1S/C23H28ClN3O3/c1-4-16(2)30-19-10-8-18(9-11-19)23(29)25-21-7-5-6-20(24)22(21)27-14-12-26(13-15-27)17(3)28/h5-11,16H,4,12-15H2,1-3H3,(H,25,29). The molecule has 0 bridgehead atoms. The molecule has 1 aliphatic heterocycles. The number of hydrogen-bond donors (Lipinski definition) is 1. The third kappa shape index (κ3) is 5.25. The second kappa shape index (κ2) is 9.85. The number of carbonyl (C=O) groups excluding carboxylic acids is 2. The van der Waals surface area contributed by atoms with Crippen molar-refractivity contribution in [1.29, 1.82) is 0 Å². The highest BCUT2D eigenvalue weighted by atomic mass is 35.5. The van der Waals surface area contributed by atoms with Crippen LogP contribution in [-0.2, 0) is 4.79 Å².